The summed E-state index contributed by atoms with van der Waals surface area (Å²) >= 11 is 0. The Hall–Kier alpha value is -2.95. The van der Waals surface area contributed by atoms with Crippen molar-refractivity contribution >= 4 is 23.7 Å². The van der Waals surface area contributed by atoms with E-state index in [2.05, 4.69) is 25.9 Å². The Labute approximate surface area is 162 Å². The number of rotatable bonds is 11. The molecule has 11 nitrogen and oxygen atoms in total. The summed E-state index contributed by atoms with van der Waals surface area (Å²) < 4.78 is 0. The Morgan fingerprint density at radius 3 is 2.36 bits per heavy atom. The van der Waals surface area contributed by atoms with Gasteiger partial charge in [-0.05, 0) is 12.8 Å². The summed E-state index contributed by atoms with van der Waals surface area (Å²) in [6.45, 7) is 4.70. The van der Waals surface area contributed by atoms with Crippen LogP contribution in [0.4, 0.5) is 0 Å². The molecule has 0 fully saturated rings. The first-order chi connectivity index (χ1) is 13.2. The number of hydrogen-bond acceptors (Lipinski definition) is 6. The molecule has 1 heterocycles. The Morgan fingerprint density at radius 2 is 1.86 bits per heavy atom. The zero-order chi connectivity index (χ0) is 21.3. The van der Waals surface area contributed by atoms with Crippen LogP contribution < -0.4 is 21.7 Å². The van der Waals surface area contributed by atoms with E-state index in [0.29, 0.717) is 12.1 Å². The van der Waals surface area contributed by atoms with Gasteiger partial charge < -0.3 is 31.8 Å². The van der Waals surface area contributed by atoms with Gasteiger partial charge in [-0.25, -0.2) is 4.98 Å². The number of nitrogens with two attached hydrogens (primary N) is 1. The van der Waals surface area contributed by atoms with Gasteiger partial charge in [0.25, 0.3) is 0 Å². The monoisotopic (exact) mass is 396 g/mol. The second-order valence-electron chi connectivity index (χ2n) is 6.55. The highest BCUT2D eigenvalue weighted by atomic mass is 16.4. The Bertz CT molecular complexity index is 678. The third kappa shape index (κ3) is 6.99. The molecule has 1 aromatic heterocycles. The molecule has 11 heteroatoms. The zero-order valence-electron chi connectivity index (χ0n) is 16.2. The van der Waals surface area contributed by atoms with Gasteiger partial charge in [-0.1, -0.05) is 20.3 Å². The summed E-state index contributed by atoms with van der Waals surface area (Å²) in [6, 6.07) is -3.07. The zero-order valence-corrected chi connectivity index (χ0v) is 16.2. The fourth-order valence-corrected chi connectivity index (χ4v) is 2.40. The third-order valence-electron chi connectivity index (χ3n) is 4.34. The molecule has 0 aliphatic heterocycles. The van der Waals surface area contributed by atoms with Crippen LogP contribution in [0.5, 0.6) is 0 Å². The van der Waals surface area contributed by atoms with Crippen molar-refractivity contribution in [2.75, 3.05) is 6.54 Å². The number of aromatic nitrogens is 2. The van der Waals surface area contributed by atoms with E-state index in [1.54, 1.807) is 6.92 Å². The lowest BCUT2D eigenvalue weighted by molar-refractivity contribution is -0.141. The summed E-state index contributed by atoms with van der Waals surface area (Å²) in [4.78, 5) is 54.7. The standard InChI is InChI=1S/C17H28N6O5/c1-4-9(2)14(23-13(24)6-18)16(26)22-12(5-11-7-19-8-20-11)15(25)21-10(3)17(27)28/h7-10,12,14H,4-6,18H2,1-3H3,(H,19,20)(H,21,25)(H,22,26)(H,23,24)(H,27,28). The maximum absolute atomic E-state index is 12.8. The molecule has 0 radical (unpaired) electrons. The summed E-state index contributed by atoms with van der Waals surface area (Å²) in [5, 5.41) is 16.5. The smallest absolute Gasteiger partial charge is 0.325 e. The highest BCUT2D eigenvalue weighted by molar-refractivity contribution is 5.93. The maximum atomic E-state index is 12.8. The van der Waals surface area contributed by atoms with E-state index in [9.17, 15) is 19.2 Å². The van der Waals surface area contributed by atoms with Gasteiger partial charge in [-0.15, -0.1) is 0 Å². The number of carboxylic acid groups (broad SMARTS) is 1. The molecule has 0 bridgehead atoms. The number of carbonyl (C=O) groups excluding carboxylic acids is 3. The van der Waals surface area contributed by atoms with Crippen molar-refractivity contribution in [2.45, 2.75) is 51.7 Å². The highest BCUT2D eigenvalue weighted by Gasteiger charge is 2.31. The van der Waals surface area contributed by atoms with E-state index in [-0.39, 0.29) is 18.9 Å². The number of imidazole rings is 1. The first-order valence-corrected chi connectivity index (χ1v) is 8.99. The number of aliphatic carboxylic acids is 1. The number of H-pyrrole nitrogens is 1. The number of nitrogens with one attached hydrogen (secondary N) is 4. The quantitative estimate of drug-likeness (QED) is 0.264. The molecule has 0 aliphatic rings. The number of amides is 3. The number of aromatic amines is 1. The van der Waals surface area contributed by atoms with Crippen molar-refractivity contribution in [2.24, 2.45) is 11.7 Å². The average molecular weight is 396 g/mol. The van der Waals surface area contributed by atoms with Crippen LogP contribution in [0.3, 0.4) is 0 Å². The predicted molar refractivity (Wildman–Crippen MR) is 99.9 cm³/mol. The summed E-state index contributed by atoms with van der Waals surface area (Å²) in [5.41, 5.74) is 5.89. The van der Waals surface area contributed by atoms with Gasteiger partial charge in [0.15, 0.2) is 0 Å². The summed E-state index contributed by atoms with van der Waals surface area (Å²) in [7, 11) is 0. The molecular weight excluding hydrogens is 368 g/mol. The average Bonchev–Trinajstić information content (AvgIpc) is 3.17. The van der Waals surface area contributed by atoms with Crippen LogP contribution in [-0.4, -0.2) is 63.4 Å². The number of hydrogen-bond donors (Lipinski definition) is 6. The normalized spacial score (nSPS) is 15.0. The van der Waals surface area contributed by atoms with E-state index in [4.69, 9.17) is 10.8 Å². The molecule has 0 saturated carbocycles. The first-order valence-electron chi connectivity index (χ1n) is 8.99. The molecule has 1 rings (SSSR count). The first kappa shape index (κ1) is 23.1. The second-order valence-corrected chi connectivity index (χ2v) is 6.55. The van der Waals surface area contributed by atoms with Crippen molar-refractivity contribution in [3.05, 3.63) is 18.2 Å². The van der Waals surface area contributed by atoms with Crippen LogP contribution in [0.2, 0.25) is 0 Å². The lowest BCUT2D eigenvalue weighted by atomic mass is 9.97. The number of nitrogens with zero attached hydrogens (tertiary/aromatic N) is 1. The van der Waals surface area contributed by atoms with Crippen LogP contribution in [0.1, 0.15) is 32.9 Å². The summed E-state index contributed by atoms with van der Waals surface area (Å²) in [6.07, 6.45) is 3.60. The van der Waals surface area contributed by atoms with Gasteiger partial charge in [0, 0.05) is 18.3 Å². The van der Waals surface area contributed by atoms with E-state index in [1.165, 1.54) is 19.4 Å². The minimum atomic E-state index is -1.20. The SMILES string of the molecule is CCC(C)C(NC(=O)CN)C(=O)NC(Cc1cnc[nH]1)C(=O)NC(C)C(=O)O. The molecule has 4 atom stereocenters. The Kier molecular flexibility index (Phi) is 9.09. The fraction of sp³-hybridized carbons (Fsp3) is 0.588. The van der Waals surface area contributed by atoms with E-state index < -0.39 is 41.8 Å². The van der Waals surface area contributed by atoms with Crippen LogP contribution in [-0.2, 0) is 25.6 Å². The minimum Gasteiger partial charge on any atom is -0.480 e. The lowest BCUT2D eigenvalue weighted by Gasteiger charge is -2.26. The van der Waals surface area contributed by atoms with Gasteiger partial charge in [-0.2, -0.15) is 0 Å². The van der Waals surface area contributed by atoms with Crippen molar-refractivity contribution < 1.29 is 24.3 Å². The van der Waals surface area contributed by atoms with Crippen molar-refractivity contribution in [1.82, 2.24) is 25.9 Å². The van der Waals surface area contributed by atoms with Gasteiger partial charge in [0.05, 0.1) is 12.9 Å². The maximum Gasteiger partial charge on any atom is 0.325 e. The Balaban J connectivity index is 2.97. The lowest BCUT2D eigenvalue weighted by Crippen LogP contribution is -2.58. The third-order valence-corrected chi connectivity index (χ3v) is 4.34. The molecule has 0 spiro atoms. The molecular formula is C17H28N6O5. The summed E-state index contributed by atoms with van der Waals surface area (Å²) in [5.74, 6) is -3.11. The second kappa shape index (κ2) is 11.0. The van der Waals surface area contributed by atoms with Crippen LogP contribution in [0.25, 0.3) is 0 Å². The van der Waals surface area contributed by atoms with Crippen molar-refractivity contribution in [1.29, 1.82) is 0 Å². The van der Waals surface area contributed by atoms with E-state index in [0.717, 1.165) is 0 Å². The van der Waals surface area contributed by atoms with E-state index in [1.807, 2.05) is 6.92 Å². The molecule has 4 unspecified atom stereocenters. The fourth-order valence-electron chi connectivity index (χ4n) is 2.40. The topological polar surface area (TPSA) is 179 Å². The number of carbonyl (C=O) groups is 4. The highest BCUT2D eigenvalue weighted by Crippen LogP contribution is 2.09. The molecule has 156 valence electrons. The van der Waals surface area contributed by atoms with Crippen LogP contribution in [0, 0.1) is 5.92 Å². The molecule has 28 heavy (non-hydrogen) atoms. The predicted octanol–water partition coefficient (Wildman–Crippen LogP) is -1.48. The molecule has 7 N–H and O–H groups in total. The molecule has 3 amide bonds. The van der Waals surface area contributed by atoms with Crippen LogP contribution in [0.15, 0.2) is 12.5 Å². The van der Waals surface area contributed by atoms with E-state index >= 15 is 0 Å². The Morgan fingerprint density at radius 1 is 1.18 bits per heavy atom. The molecule has 0 aromatic carbocycles. The minimum absolute atomic E-state index is 0.0714. The molecule has 0 saturated heterocycles. The van der Waals surface area contributed by atoms with Gasteiger partial charge in [0.2, 0.25) is 17.7 Å². The largest absolute Gasteiger partial charge is 0.480 e. The van der Waals surface area contributed by atoms with Gasteiger partial charge >= 0.3 is 5.97 Å². The number of carboxylic acids is 1. The molecule has 1 aromatic rings. The van der Waals surface area contributed by atoms with Crippen LogP contribution >= 0.6 is 0 Å². The van der Waals surface area contributed by atoms with Crippen molar-refractivity contribution in [3.8, 4) is 0 Å². The van der Waals surface area contributed by atoms with Gasteiger partial charge in [0.1, 0.15) is 18.1 Å². The molecule has 0 aliphatic carbocycles. The van der Waals surface area contributed by atoms with Crippen molar-refractivity contribution in [3.63, 3.8) is 0 Å². The van der Waals surface area contributed by atoms with Gasteiger partial charge in [-0.3, -0.25) is 19.2 Å².